The minimum Gasteiger partial charge on any atom is -0.491 e. The first-order valence-corrected chi connectivity index (χ1v) is 13.4. The normalized spacial score (nSPS) is 23.2. The highest BCUT2D eigenvalue weighted by atomic mass is 32.2. The van der Waals surface area contributed by atoms with Crippen LogP contribution in [0.25, 0.3) is 0 Å². The van der Waals surface area contributed by atoms with Crippen molar-refractivity contribution in [3.63, 3.8) is 0 Å². The first kappa shape index (κ1) is 22.8. The van der Waals surface area contributed by atoms with Crippen molar-refractivity contribution in [3.05, 3.63) is 64.7 Å². The lowest BCUT2D eigenvalue weighted by Gasteiger charge is -2.28. The van der Waals surface area contributed by atoms with Crippen molar-refractivity contribution < 1.29 is 14.3 Å². The third-order valence-corrected chi connectivity index (χ3v) is 7.86. The van der Waals surface area contributed by atoms with Gasteiger partial charge in [0.25, 0.3) is 5.91 Å². The van der Waals surface area contributed by atoms with E-state index in [-0.39, 0.29) is 18.1 Å². The molecule has 0 radical (unpaired) electrons. The van der Waals surface area contributed by atoms with Crippen LogP contribution in [0.5, 0.6) is 5.75 Å². The molecule has 2 aromatic carbocycles. The molecule has 0 spiro atoms. The number of carbonyl (C=O) groups is 1. The molecule has 1 amide bonds. The van der Waals surface area contributed by atoms with Crippen molar-refractivity contribution >= 4 is 17.7 Å². The molecule has 0 saturated carbocycles. The van der Waals surface area contributed by atoms with Gasteiger partial charge in [-0.25, -0.2) is 0 Å². The average Bonchev–Trinajstić information content (AvgIpc) is 3.38. The zero-order valence-electron chi connectivity index (χ0n) is 19.3. The molecule has 33 heavy (non-hydrogen) atoms. The van der Waals surface area contributed by atoms with E-state index >= 15 is 0 Å². The monoisotopic (exact) mass is 466 g/mol. The maximum absolute atomic E-state index is 12.8. The van der Waals surface area contributed by atoms with Crippen LogP contribution >= 0.6 is 11.8 Å². The van der Waals surface area contributed by atoms with E-state index in [0.29, 0.717) is 12.2 Å². The molecule has 1 N–H and O–H groups in total. The van der Waals surface area contributed by atoms with E-state index < -0.39 is 0 Å². The Morgan fingerprint density at radius 1 is 1.09 bits per heavy atom. The quantitative estimate of drug-likeness (QED) is 0.666. The smallest absolute Gasteiger partial charge is 0.251 e. The first-order valence-electron chi connectivity index (χ1n) is 12.3. The lowest BCUT2D eigenvalue weighted by atomic mass is 9.87. The summed E-state index contributed by atoms with van der Waals surface area (Å²) in [6.45, 7) is 4.85. The van der Waals surface area contributed by atoms with Gasteiger partial charge in [-0.05, 0) is 73.1 Å². The summed E-state index contributed by atoms with van der Waals surface area (Å²) in [6.07, 6.45) is 5.29. The van der Waals surface area contributed by atoms with Crippen LogP contribution in [0, 0.1) is 0 Å². The summed E-state index contributed by atoms with van der Waals surface area (Å²) in [5.74, 6) is 3.27. The number of carbonyl (C=O) groups excluding carboxylic acids is 1. The second-order valence-electron chi connectivity index (χ2n) is 9.38. The molecule has 0 bridgehead atoms. The molecule has 0 unspecified atom stereocenters. The number of hydrogen-bond donors (Lipinski definition) is 1. The van der Waals surface area contributed by atoms with E-state index in [1.807, 2.05) is 24.3 Å². The van der Waals surface area contributed by atoms with Crippen molar-refractivity contribution in [2.45, 2.75) is 50.8 Å². The molecule has 2 atom stereocenters. The molecule has 0 aromatic heterocycles. The van der Waals surface area contributed by atoms with Crippen LogP contribution in [0.1, 0.15) is 46.3 Å². The minimum absolute atomic E-state index is 0.00582. The number of amides is 1. The molecule has 2 fully saturated rings. The van der Waals surface area contributed by atoms with Crippen LogP contribution in [0.15, 0.2) is 42.5 Å². The number of nitrogens with zero attached hydrogens (tertiary/aromatic N) is 1. The fourth-order valence-electron chi connectivity index (χ4n) is 4.98. The van der Waals surface area contributed by atoms with Crippen molar-refractivity contribution in [2.75, 3.05) is 37.8 Å². The predicted molar refractivity (Wildman–Crippen MR) is 133 cm³/mol. The van der Waals surface area contributed by atoms with Gasteiger partial charge >= 0.3 is 0 Å². The largest absolute Gasteiger partial charge is 0.491 e. The second-order valence-corrected chi connectivity index (χ2v) is 10.6. The fourth-order valence-corrected chi connectivity index (χ4v) is 5.96. The minimum atomic E-state index is -0.00582. The molecule has 2 heterocycles. The maximum Gasteiger partial charge on any atom is 0.251 e. The zero-order valence-corrected chi connectivity index (χ0v) is 20.1. The van der Waals surface area contributed by atoms with E-state index in [1.54, 1.807) is 0 Å². The van der Waals surface area contributed by atoms with Crippen molar-refractivity contribution in [3.8, 4) is 5.75 Å². The summed E-state index contributed by atoms with van der Waals surface area (Å²) < 4.78 is 11.4. The van der Waals surface area contributed by atoms with Crippen molar-refractivity contribution in [1.82, 2.24) is 10.2 Å². The fraction of sp³-hybridized carbons (Fsp3) is 0.519. The Kier molecular flexibility index (Phi) is 7.54. The van der Waals surface area contributed by atoms with Crippen molar-refractivity contribution in [1.29, 1.82) is 0 Å². The Hall–Kier alpha value is -2.02. The summed E-state index contributed by atoms with van der Waals surface area (Å²) in [5, 5.41) is 3.24. The third-order valence-electron chi connectivity index (χ3n) is 6.92. The van der Waals surface area contributed by atoms with Crippen LogP contribution in [0.3, 0.4) is 0 Å². The van der Waals surface area contributed by atoms with Gasteiger partial charge in [-0.2, -0.15) is 11.8 Å². The van der Waals surface area contributed by atoms with Gasteiger partial charge in [-0.1, -0.05) is 18.2 Å². The van der Waals surface area contributed by atoms with Gasteiger partial charge in [0.15, 0.2) is 0 Å². The van der Waals surface area contributed by atoms with Gasteiger partial charge in [0, 0.05) is 49.4 Å². The summed E-state index contributed by atoms with van der Waals surface area (Å²) >= 11 is 2.06. The topological polar surface area (TPSA) is 50.8 Å². The molecule has 6 heteroatoms. The van der Waals surface area contributed by atoms with Crippen LogP contribution in [0.2, 0.25) is 0 Å². The molecule has 2 saturated heterocycles. The Bertz CT molecular complexity index is 937. The van der Waals surface area contributed by atoms with E-state index in [0.717, 1.165) is 51.0 Å². The van der Waals surface area contributed by atoms with Gasteiger partial charge in [0.1, 0.15) is 12.4 Å². The lowest BCUT2D eigenvalue weighted by Crippen LogP contribution is -2.39. The lowest BCUT2D eigenvalue weighted by molar-refractivity contribution is 0.0679. The summed E-state index contributed by atoms with van der Waals surface area (Å²) in [5.41, 5.74) is 4.93. The predicted octanol–water partition coefficient (Wildman–Crippen LogP) is 4.08. The molecule has 5 rings (SSSR count). The summed E-state index contributed by atoms with van der Waals surface area (Å²) in [7, 11) is 0. The third kappa shape index (κ3) is 6.11. The molecule has 176 valence electrons. The van der Waals surface area contributed by atoms with Gasteiger partial charge in [0.2, 0.25) is 0 Å². The number of fused-ring (bicyclic) bond motifs is 1. The zero-order chi connectivity index (χ0) is 22.5. The highest BCUT2D eigenvalue weighted by molar-refractivity contribution is 7.99. The Balaban J connectivity index is 1.12. The van der Waals surface area contributed by atoms with Crippen LogP contribution in [0.4, 0.5) is 0 Å². The molecule has 1 aliphatic carbocycles. The van der Waals surface area contributed by atoms with E-state index in [4.69, 9.17) is 9.47 Å². The number of rotatable bonds is 7. The SMILES string of the molecule is O=C(N[C@H]1CCc2cc(CN3CCSCC3)ccc2C1)c1ccc(OC[C@@H]2CCCO2)cc1. The van der Waals surface area contributed by atoms with Crippen LogP contribution in [-0.4, -0.2) is 60.8 Å². The maximum atomic E-state index is 12.8. The van der Waals surface area contributed by atoms with E-state index in [1.165, 1.54) is 41.3 Å². The Morgan fingerprint density at radius 2 is 1.94 bits per heavy atom. The van der Waals surface area contributed by atoms with Gasteiger partial charge < -0.3 is 14.8 Å². The summed E-state index contributed by atoms with van der Waals surface area (Å²) in [6, 6.07) is 14.6. The summed E-state index contributed by atoms with van der Waals surface area (Å²) in [4.78, 5) is 15.4. The number of benzene rings is 2. The Labute approximate surface area is 201 Å². The van der Waals surface area contributed by atoms with Crippen molar-refractivity contribution in [2.24, 2.45) is 0 Å². The number of aryl methyl sites for hydroxylation is 1. The second kappa shape index (κ2) is 10.9. The van der Waals surface area contributed by atoms with E-state index in [2.05, 4.69) is 40.2 Å². The van der Waals surface area contributed by atoms with Crippen LogP contribution in [-0.2, 0) is 24.1 Å². The highest BCUT2D eigenvalue weighted by Crippen LogP contribution is 2.24. The van der Waals surface area contributed by atoms with Gasteiger partial charge in [-0.15, -0.1) is 0 Å². The molecule has 2 aliphatic heterocycles. The number of hydrogen-bond acceptors (Lipinski definition) is 5. The molecule has 5 nitrogen and oxygen atoms in total. The number of nitrogens with one attached hydrogen (secondary N) is 1. The molecule has 3 aliphatic rings. The number of ether oxygens (including phenoxy) is 2. The average molecular weight is 467 g/mol. The van der Waals surface area contributed by atoms with E-state index in [9.17, 15) is 4.79 Å². The molecular formula is C27H34N2O3S. The van der Waals surface area contributed by atoms with Gasteiger partial charge in [-0.3, -0.25) is 9.69 Å². The van der Waals surface area contributed by atoms with Gasteiger partial charge in [0.05, 0.1) is 6.10 Å². The standard InChI is InChI=1S/C27H34N2O3S/c30-27(21-6-9-25(10-7-21)32-19-26-2-1-13-31-26)28-24-8-5-22-16-20(3-4-23(22)17-24)18-29-11-14-33-15-12-29/h3-4,6-7,9-10,16,24,26H,1-2,5,8,11-15,17-19H2,(H,28,30)/t24-,26-/m0/s1. The molecular weight excluding hydrogens is 432 g/mol. The first-order chi connectivity index (χ1) is 16.2. The number of thioether (sulfide) groups is 1. The van der Waals surface area contributed by atoms with Crippen LogP contribution < -0.4 is 10.1 Å². The highest BCUT2D eigenvalue weighted by Gasteiger charge is 2.22. The Morgan fingerprint density at radius 3 is 2.73 bits per heavy atom. The molecule has 2 aromatic rings.